The number of cyclic esters (lactones) is 2. The van der Waals surface area contributed by atoms with E-state index in [2.05, 4.69) is 0 Å². The molecule has 5 heteroatoms. The third kappa shape index (κ3) is 3.17. The molecular formula is C16H20O5. The van der Waals surface area contributed by atoms with Gasteiger partial charge in [0.2, 0.25) is 0 Å². The first-order valence-electron chi connectivity index (χ1n) is 6.97. The number of methoxy groups -OCH3 is 1. The van der Waals surface area contributed by atoms with Gasteiger partial charge in [-0.3, -0.25) is 9.59 Å². The van der Waals surface area contributed by atoms with Gasteiger partial charge in [0, 0.05) is 19.8 Å². The van der Waals surface area contributed by atoms with Crippen molar-refractivity contribution in [1.82, 2.24) is 0 Å². The summed E-state index contributed by atoms with van der Waals surface area (Å²) in [4.78, 5) is 24.3. The van der Waals surface area contributed by atoms with Gasteiger partial charge in [0.1, 0.15) is 5.75 Å². The van der Waals surface area contributed by atoms with Crippen LogP contribution in [0.15, 0.2) is 24.3 Å². The predicted octanol–water partition coefficient (Wildman–Crippen LogP) is 2.64. The van der Waals surface area contributed by atoms with E-state index in [4.69, 9.17) is 14.2 Å². The van der Waals surface area contributed by atoms with Crippen LogP contribution in [0.5, 0.6) is 5.75 Å². The lowest BCUT2D eigenvalue weighted by atomic mass is 9.83. The van der Waals surface area contributed by atoms with Crippen molar-refractivity contribution in [2.45, 2.75) is 38.9 Å². The van der Waals surface area contributed by atoms with Crippen LogP contribution < -0.4 is 4.74 Å². The molecule has 0 aromatic heterocycles. The molecule has 1 aliphatic heterocycles. The first-order valence-corrected chi connectivity index (χ1v) is 6.97. The van der Waals surface area contributed by atoms with Crippen molar-refractivity contribution in [2.75, 3.05) is 7.11 Å². The molecule has 0 unspecified atom stereocenters. The van der Waals surface area contributed by atoms with E-state index in [0.717, 1.165) is 11.3 Å². The normalized spacial score (nSPS) is 19.6. The van der Waals surface area contributed by atoms with E-state index >= 15 is 0 Å². The molecule has 0 spiro atoms. The van der Waals surface area contributed by atoms with Gasteiger partial charge >= 0.3 is 11.9 Å². The Balaban J connectivity index is 2.27. The molecule has 2 rings (SSSR count). The van der Waals surface area contributed by atoms with E-state index in [0.29, 0.717) is 6.42 Å². The standard InChI is InChI=1S/C16H20O5/c1-5-12(10-6-8-11(19-4)9-7-10)13-14(17)20-16(2,3)21-15(13)18/h6-9,12-13H,5H2,1-4H3/t12-/m0/s1. The Bertz CT molecular complexity index is 512. The first-order chi connectivity index (χ1) is 9.88. The summed E-state index contributed by atoms with van der Waals surface area (Å²) in [7, 11) is 1.59. The van der Waals surface area contributed by atoms with Crippen LogP contribution >= 0.6 is 0 Å². The minimum Gasteiger partial charge on any atom is -0.497 e. The lowest BCUT2D eigenvalue weighted by molar-refractivity contribution is -0.241. The van der Waals surface area contributed by atoms with Gasteiger partial charge < -0.3 is 14.2 Å². The van der Waals surface area contributed by atoms with Crippen LogP contribution in [0.1, 0.15) is 38.7 Å². The van der Waals surface area contributed by atoms with Crippen LogP contribution in [0.3, 0.4) is 0 Å². The number of hydrogen-bond acceptors (Lipinski definition) is 5. The van der Waals surface area contributed by atoms with Gasteiger partial charge in [-0.25, -0.2) is 0 Å². The van der Waals surface area contributed by atoms with Crippen molar-refractivity contribution in [2.24, 2.45) is 5.92 Å². The molecule has 1 atom stereocenters. The first kappa shape index (κ1) is 15.4. The highest BCUT2D eigenvalue weighted by Gasteiger charge is 2.46. The summed E-state index contributed by atoms with van der Waals surface area (Å²) < 4.78 is 15.5. The summed E-state index contributed by atoms with van der Waals surface area (Å²) in [5.41, 5.74) is 0.886. The molecule has 21 heavy (non-hydrogen) atoms. The van der Waals surface area contributed by atoms with E-state index in [9.17, 15) is 9.59 Å². The molecule has 1 aromatic rings. The summed E-state index contributed by atoms with van der Waals surface area (Å²) in [6, 6.07) is 7.32. The zero-order chi connectivity index (χ0) is 15.6. The van der Waals surface area contributed by atoms with Crippen molar-refractivity contribution in [3.05, 3.63) is 29.8 Å². The van der Waals surface area contributed by atoms with Crippen LogP contribution in [0, 0.1) is 5.92 Å². The lowest BCUT2D eigenvalue weighted by Crippen LogP contribution is -2.48. The summed E-state index contributed by atoms with van der Waals surface area (Å²) in [6.07, 6.45) is 0.627. The summed E-state index contributed by atoms with van der Waals surface area (Å²) in [5, 5.41) is 0. The fourth-order valence-electron chi connectivity index (χ4n) is 2.57. The van der Waals surface area contributed by atoms with Crippen LogP contribution in [0.4, 0.5) is 0 Å². The number of carbonyl (C=O) groups is 2. The molecule has 1 saturated heterocycles. The topological polar surface area (TPSA) is 61.8 Å². The average molecular weight is 292 g/mol. The molecule has 1 fully saturated rings. The highest BCUT2D eigenvalue weighted by Crippen LogP contribution is 2.35. The monoisotopic (exact) mass is 292 g/mol. The smallest absolute Gasteiger partial charge is 0.324 e. The molecule has 0 N–H and O–H groups in total. The van der Waals surface area contributed by atoms with Gasteiger partial charge in [-0.1, -0.05) is 19.1 Å². The maximum atomic E-state index is 12.2. The van der Waals surface area contributed by atoms with Crippen LogP contribution in [0.25, 0.3) is 0 Å². The van der Waals surface area contributed by atoms with Crippen molar-refractivity contribution in [1.29, 1.82) is 0 Å². The molecule has 0 radical (unpaired) electrons. The largest absolute Gasteiger partial charge is 0.497 e. The Morgan fingerprint density at radius 1 is 1.14 bits per heavy atom. The third-order valence-corrected chi connectivity index (χ3v) is 3.59. The summed E-state index contributed by atoms with van der Waals surface area (Å²) >= 11 is 0. The number of benzene rings is 1. The van der Waals surface area contributed by atoms with Crippen LogP contribution in [0.2, 0.25) is 0 Å². The Hall–Kier alpha value is -2.04. The Morgan fingerprint density at radius 3 is 2.10 bits per heavy atom. The molecule has 0 amide bonds. The van der Waals surface area contributed by atoms with Crippen LogP contribution in [-0.4, -0.2) is 24.8 Å². The second kappa shape index (κ2) is 5.76. The number of esters is 2. The van der Waals surface area contributed by atoms with E-state index < -0.39 is 23.6 Å². The molecule has 1 aromatic carbocycles. The van der Waals surface area contributed by atoms with E-state index in [-0.39, 0.29) is 5.92 Å². The molecular weight excluding hydrogens is 272 g/mol. The number of rotatable bonds is 4. The Morgan fingerprint density at radius 2 is 1.67 bits per heavy atom. The fourth-order valence-corrected chi connectivity index (χ4v) is 2.57. The summed E-state index contributed by atoms with van der Waals surface area (Å²) in [6.45, 7) is 5.02. The van der Waals surface area contributed by atoms with Gasteiger partial charge in [-0.15, -0.1) is 0 Å². The minimum absolute atomic E-state index is 0.271. The van der Waals surface area contributed by atoms with Crippen LogP contribution in [-0.2, 0) is 19.1 Å². The molecule has 1 heterocycles. The van der Waals surface area contributed by atoms with Crippen molar-refractivity contribution in [3.63, 3.8) is 0 Å². The van der Waals surface area contributed by atoms with Crippen molar-refractivity contribution in [3.8, 4) is 5.75 Å². The molecule has 0 aliphatic carbocycles. The SMILES string of the molecule is CC[C@@H](c1ccc(OC)cc1)C1C(=O)OC(C)(C)OC1=O. The minimum atomic E-state index is -1.19. The number of ether oxygens (including phenoxy) is 3. The highest BCUT2D eigenvalue weighted by atomic mass is 16.7. The predicted molar refractivity (Wildman–Crippen MR) is 75.8 cm³/mol. The van der Waals surface area contributed by atoms with Gasteiger partial charge in [0.15, 0.2) is 5.92 Å². The van der Waals surface area contributed by atoms with Crippen molar-refractivity contribution >= 4 is 11.9 Å². The number of hydrogen-bond donors (Lipinski definition) is 0. The van der Waals surface area contributed by atoms with Gasteiger partial charge in [0.25, 0.3) is 5.79 Å². The number of carbonyl (C=O) groups excluding carboxylic acids is 2. The zero-order valence-electron chi connectivity index (χ0n) is 12.7. The highest BCUT2D eigenvalue weighted by molar-refractivity contribution is 5.97. The molecule has 114 valence electrons. The zero-order valence-corrected chi connectivity index (χ0v) is 12.7. The lowest BCUT2D eigenvalue weighted by Gasteiger charge is -2.35. The van der Waals surface area contributed by atoms with Crippen molar-refractivity contribution < 1.29 is 23.8 Å². The molecule has 0 saturated carbocycles. The Labute approximate surface area is 124 Å². The maximum Gasteiger partial charge on any atom is 0.324 e. The van der Waals surface area contributed by atoms with E-state index in [1.165, 1.54) is 0 Å². The Kier molecular flexibility index (Phi) is 4.21. The third-order valence-electron chi connectivity index (χ3n) is 3.59. The fraction of sp³-hybridized carbons (Fsp3) is 0.500. The van der Waals surface area contributed by atoms with E-state index in [1.54, 1.807) is 33.1 Å². The maximum absolute atomic E-state index is 12.2. The van der Waals surface area contributed by atoms with Gasteiger partial charge in [-0.2, -0.15) is 0 Å². The molecule has 5 nitrogen and oxygen atoms in total. The molecule has 0 bridgehead atoms. The molecule has 1 aliphatic rings. The van der Waals surface area contributed by atoms with E-state index in [1.807, 2.05) is 19.1 Å². The average Bonchev–Trinajstić information content (AvgIpc) is 2.42. The summed E-state index contributed by atoms with van der Waals surface area (Å²) in [5.74, 6) is -2.71. The second-order valence-electron chi connectivity index (χ2n) is 5.51. The second-order valence-corrected chi connectivity index (χ2v) is 5.51. The van der Waals surface area contributed by atoms with Gasteiger partial charge in [0.05, 0.1) is 7.11 Å². The van der Waals surface area contributed by atoms with Gasteiger partial charge in [-0.05, 0) is 24.1 Å². The quantitative estimate of drug-likeness (QED) is 0.630.